The fourth-order valence-corrected chi connectivity index (χ4v) is 0.896. The van der Waals surface area contributed by atoms with Crippen molar-refractivity contribution in [1.29, 1.82) is 0 Å². The number of hydrogen-bond acceptors (Lipinski definition) is 4. The largest absolute Gasteiger partial charge is 0.545 e. The first-order valence-electron chi connectivity index (χ1n) is 5.64. The summed E-state index contributed by atoms with van der Waals surface area (Å²) < 4.78 is 0. The van der Waals surface area contributed by atoms with Crippen LogP contribution in [0.15, 0.2) is 24.3 Å². The third-order valence-electron chi connectivity index (χ3n) is 1.96. The Balaban J connectivity index is 0. The molecule has 0 saturated carbocycles. The van der Waals surface area contributed by atoms with Crippen LogP contribution in [0.3, 0.4) is 0 Å². The van der Waals surface area contributed by atoms with Gasteiger partial charge in [0.15, 0.2) is 0 Å². The summed E-state index contributed by atoms with van der Waals surface area (Å²) in [5.41, 5.74) is 0.393. The number of carbonyl (C=O) groups excluding carboxylic acids is 2. The minimum atomic E-state index is -1.13. The minimum absolute atomic E-state index is 0.188. The number of carbonyl (C=O) groups is 2. The summed E-state index contributed by atoms with van der Waals surface area (Å²) >= 11 is 0. The van der Waals surface area contributed by atoms with Crippen molar-refractivity contribution in [2.45, 2.75) is 46.0 Å². The number of hydrogen-bond donors (Lipinski definition) is 0. The van der Waals surface area contributed by atoms with Crippen molar-refractivity contribution in [3.8, 4) is 0 Å². The number of rotatable bonds is 7. The van der Waals surface area contributed by atoms with Crippen LogP contribution >= 0.6 is 0 Å². The second-order valence-electron chi connectivity index (χ2n) is 3.64. The van der Waals surface area contributed by atoms with E-state index in [1.165, 1.54) is 0 Å². The van der Waals surface area contributed by atoms with Crippen LogP contribution in [0.1, 0.15) is 46.0 Å². The molecule has 0 aromatic heterocycles. The third-order valence-corrected chi connectivity index (χ3v) is 1.96. The van der Waals surface area contributed by atoms with E-state index in [4.69, 9.17) is 0 Å². The molecule has 0 unspecified atom stereocenters. The topological polar surface area (TPSA) is 80.3 Å². The molecular formula is C13H20O4-2. The van der Waals surface area contributed by atoms with Gasteiger partial charge in [0.1, 0.15) is 0 Å². The van der Waals surface area contributed by atoms with Crippen LogP contribution in [0.4, 0.5) is 0 Å². The van der Waals surface area contributed by atoms with E-state index in [-0.39, 0.29) is 11.1 Å². The molecule has 17 heavy (non-hydrogen) atoms. The highest BCUT2D eigenvalue weighted by Gasteiger charge is 1.91. The van der Waals surface area contributed by atoms with Crippen LogP contribution in [0.5, 0.6) is 0 Å². The molecule has 0 amide bonds. The number of aliphatic carboxylic acids is 2. The van der Waals surface area contributed by atoms with Crippen LogP contribution in [-0.2, 0) is 9.59 Å². The Kier molecular flexibility index (Phi) is 11.4. The fraction of sp³-hybridized carbons (Fsp3) is 0.538. The standard InChI is InChI=1S/C7H12O2.C6H10O2/c1-3-4-5-6(2)7(8)9;1-3-4-5(2)6(7)8/h2-5H2,1H3,(H,8,9);2-4H2,1H3,(H,7,8)/p-2. The van der Waals surface area contributed by atoms with Gasteiger partial charge in [0.2, 0.25) is 0 Å². The van der Waals surface area contributed by atoms with Crippen LogP contribution in [0.25, 0.3) is 0 Å². The summed E-state index contributed by atoms with van der Waals surface area (Å²) in [6.07, 6.45) is 3.77. The van der Waals surface area contributed by atoms with E-state index in [1.807, 2.05) is 13.8 Å². The Hall–Kier alpha value is -1.58. The van der Waals surface area contributed by atoms with Gasteiger partial charge >= 0.3 is 0 Å². The fourth-order valence-electron chi connectivity index (χ4n) is 0.896. The molecule has 0 rings (SSSR count). The molecule has 0 saturated heterocycles. The summed E-state index contributed by atoms with van der Waals surface area (Å²) in [5, 5.41) is 19.9. The van der Waals surface area contributed by atoms with Crippen LogP contribution in [-0.4, -0.2) is 11.9 Å². The molecule has 0 aromatic rings. The molecule has 0 aliphatic heterocycles. The van der Waals surface area contributed by atoms with E-state index in [9.17, 15) is 19.8 Å². The molecule has 98 valence electrons. The Morgan fingerprint density at radius 2 is 1.29 bits per heavy atom. The summed E-state index contributed by atoms with van der Waals surface area (Å²) in [4.78, 5) is 19.9. The van der Waals surface area contributed by atoms with Gasteiger partial charge in [-0.05, 0) is 30.4 Å². The van der Waals surface area contributed by atoms with Crippen LogP contribution in [0, 0.1) is 0 Å². The molecular weight excluding hydrogens is 220 g/mol. The van der Waals surface area contributed by atoms with Gasteiger partial charge in [0.25, 0.3) is 0 Å². The molecule has 0 aromatic carbocycles. The lowest BCUT2D eigenvalue weighted by atomic mass is 10.1. The second-order valence-corrected chi connectivity index (χ2v) is 3.64. The van der Waals surface area contributed by atoms with E-state index in [2.05, 4.69) is 13.2 Å². The van der Waals surface area contributed by atoms with E-state index >= 15 is 0 Å². The lowest BCUT2D eigenvalue weighted by Crippen LogP contribution is -2.23. The van der Waals surface area contributed by atoms with Crippen molar-refractivity contribution in [2.75, 3.05) is 0 Å². The first-order chi connectivity index (χ1) is 7.86. The SMILES string of the molecule is C=C(CCC)C(=O)[O-].C=C(CCCC)C(=O)[O-]. The van der Waals surface area contributed by atoms with Crippen molar-refractivity contribution in [1.82, 2.24) is 0 Å². The van der Waals surface area contributed by atoms with E-state index in [1.54, 1.807) is 0 Å². The predicted octanol–water partition coefficient (Wildman–Crippen LogP) is 0.575. The quantitative estimate of drug-likeness (QED) is 0.609. The van der Waals surface area contributed by atoms with Gasteiger partial charge in [-0.3, -0.25) is 0 Å². The number of carboxylic acids is 2. The van der Waals surface area contributed by atoms with Crippen LogP contribution in [0.2, 0.25) is 0 Å². The zero-order valence-electron chi connectivity index (χ0n) is 10.6. The molecule has 0 heterocycles. The maximum Gasteiger partial charge on any atom is 0.0668 e. The predicted molar refractivity (Wildman–Crippen MR) is 62.7 cm³/mol. The van der Waals surface area contributed by atoms with Crippen molar-refractivity contribution >= 4 is 11.9 Å². The lowest BCUT2D eigenvalue weighted by Gasteiger charge is -2.03. The Bertz CT molecular complexity index is 279. The second kappa shape index (κ2) is 10.9. The first-order valence-corrected chi connectivity index (χ1v) is 5.64. The van der Waals surface area contributed by atoms with Crippen molar-refractivity contribution in [3.63, 3.8) is 0 Å². The van der Waals surface area contributed by atoms with Gasteiger partial charge in [-0.25, -0.2) is 0 Å². The number of unbranched alkanes of at least 4 members (excludes halogenated alkanes) is 1. The molecule has 0 N–H and O–H groups in total. The van der Waals surface area contributed by atoms with Gasteiger partial charge in [0, 0.05) is 0 Å². The molecule has 0 aliphatic carbocycles. The van der Waals surface area contributed by atoms with Gasteiger partial charge in [-0.2, -0.15) is 0 Å². The molecule has 0 radical (unpaired) electrons. The van der Waals surface area contributed by atoms with E-state index < -0.39 is 11.9 Å². The molecule has 0 spiro atoms. The van der Waals surface area contributed by atoms with Gasteiger partial charge in [-0.1, -0.05) is 39.8 Å². The van der Waals surface area contributed by atoms with Crippen molar-refractivity contribution < 1.29 is 19.8 Å². The normalized spacial score (nSPS) is 8.82. The molecule has 0 aliphatic rings. The smallest absolute Gasteiger partial charge is 0.0668 e. The zero-order chi connectivity index (χ0) is 13.8. The average Bonchev–Trinajstić information content (AvgIpc) is 2.26. The molecule has 4 heteroatoms. The van der Waals surface area contributed by atoms with E-state index in [0.717, 1.165) is 19.3 Å². The summed E-state index contributed by atoms with van der Waals surface area (Å²) in [5.74, 6) is -2.25. The van der Waals surface area contributed by atoms with Crippen molar-refractivity contribution in [2.24, 2.45) is 0 Å². The van der Waals surface area contributed by atoms with Gasteiger partial charge in [0.05, 0.1) is 11.9 Å². The zero-order valence-corrected chi connectivity index (χ0v) is 10.6. The summed E-state index contributed by atoms with van der Waals surface area (Å²) in [6, 6.07) is 0. The molecule has 0 atom stereocenters. The molecule has 4 nitrogen and oxygen atoms in total. The highest BCUT2D eigenvalue weighted by atomic mass is 16.4. The highest BCUT2D eigenvalue weighted by molar-refractivity contribution is 5.84. The monoisotopic (exact) mass is 240 g/mol. The maximum absolute atomic E-state index is 9.99. The van der Waals surface area contributed by atoms with Gasteiger partial charge in [-0.15, -0.1) is 0 Å². The minimum Gasteiger partial charge on any atom is -0.545 e. The summed E-state index contributed by atoms with van der Waals surface area (Å²) in [6.45, 7) is 10.5. The Morgan fingerprint density at radius 3 is 1.53 bits per heavy atom. The highest BCUT2D eigenvalue weighted by Crippen LogP contribution is 2.02. The van der Waals surface area contributed by atoms with Crippen LogP contribution < -0.4 is 10.2 Å². The Labute approximate surface area is 103 Å². The average molecular weight is 240 g/mol. The molecule has 0 bridgehead atoms. The first kappa shape index (κ1) is 17.8. The summed E-state index contributed by atoms with van der Waals surface area (Å²) in [7, 11) is 0. The Morgan fingerprint density at radius 1 is 0.882 bits per heavy atom. The van der Waals surface area contributed by atoms with E-state index in [0.29, 0.717) is 12.8 Å². The number of carboxylic acid groups (broad SMARTS) is 2. The maximum atomic E-state index is 9.99. The van der Waals surface area contributed by atoms with Gasteiger partial charge < -0.3 is 19.8 Å². The van der Waals surface area contributed by atoms with Crippen molar-refractivity contribution in [3.05, 3.63) is 24.3 Å². The lowest BCUT2D eigenvalue weighted by molar-refractivity contribution is -0.300. The molecule has 0 fully saturated rings. The third kappa shape index (κ3) is 12.4.